The highest BCUT2D eigenvalue weighted by Gasteiger charge is 2.15. The van der Waals surface area contributed by atoms with Crippen molar-refractivity contribution in [3.8, 4) is 0 Å². The van der Waals surface area contributed by atoms with Crippen LogP contribution in [0.15, 0.2) is 24.4 Å². The molecule has 0 saturated heterocycles. The molecule has 0 aliphatic carbocycles. The van der Waals surface area contributed by atoms with E-state index in [1.165, 1.54) is 12.1 Å². The number of nitro groups is 1. The average Bonchev–Trinajstić information content (AvgIpc) is 2.74. The molecule has 104 valence electrons. The fourth-order valence-electron chi connectivity index (χ4n) is 1.94. The van der Waals surface area contributed by atoms with Gasteiger partial charge in [-0.2, -0.15) is 5.10 Å². The molecule has 0 unspecified atom stereocenters. The van der Waals surface area contributed by atoms with Gasteiger partial charge in [0, 0.05) is 37.0 Å². The molecule has 1 heterocycles. The molecule has 0 spiro atoms. The van der Waals surface area contributed by atoms with Gasteiger partial charge >= 0.3 is 0 Å². The molecule has 1 aromatic carbocycles. The zero-order valence-electron chi connectivity index (χ0n) is 11.2. The van der Waals surface area contributed by atoms with Crippen LogP contribution in [0.2, 0.25) is 0 Å². The van der Waals surface area contributed by atoms with Gasteiger partial charge in [0.1, 0.15) is 12.0 Å². The SMILES string of the molecule is Cc1nn(C)cc1CNc1ccc(C=O)cc1[N+](=O)[O-]. The van der Waals surface area contributed by atoms with Crippen molar-refractivity contribution in [1.82, 2.24) is 9.78 Å². The minimum Gasteiger partial charge on any atom is -0.375 e. The predicted molar refractivity (Wildman–Crippen MR) is 73.8 cm³/mol. The maximum absolute atomic E-state index is 11.0. The number of aromatic nitrogens is 2. The molecule has 2 aromatic rings. The van der Waals surface area contributed by atoms with Gasteiger partial charge in [-0.1, -0.05) is 0 Å². The number of nitro benzene ring substituents is 1. The van der Waals surface area contributed by atoms with E-state index in [0.717, 1.165) is 11.3 Å². The van der Waals surface area contributed by atoms with Gasteiger partial charge < -0.3 is 5.32 Å². The number of nitrogens with one attached hydrogen (secondary N) is 1. The zero-order chi connectivity index (χ0) is 14.7. The highest BCUT2D eigenvalue weighted by Crippen LogP contribution is 2.25. The highest BCUT2D eigenvalue weighted by molar-refractivity contribution is 5.79. The first-order chi connectivity index (χ1) is 9.51. The van der Waals surface area contributed by atoms with Gasteiger partial charge in [-0.05, 0) is 19.1 Å². The topological polar surface area (TPSA) is 90.1 Å². The number of aldehydes is 1. The molecule has 0 aliphatic rings. The van der Waals surface area contributed by atoms with Gasteiger partial charge in [-0.3, -0.25) is 19.6 Å². The van der Waals surface area contributed by atoms with Gasteiger partial charge in [0.25, 0.3) is 5.69 Å². The molecule has 0 bridgehead atoms. The van der Waals surface area contributed by atoms with Crippen LogP contribution in [-0.4, -0.2) is 21.0 Å². The van der Waals surface area contributed by atoms with Gasteiger partial charge in [0.05, 0.1) is 10.6 Å². The molecule has 20 heavy (non-hydrogen) atoms. The van der Waals surface area contributed by atoms with E-state index in [-0.39, 0.29) is 11.3 Å². The van der Waals surface area contributed by atoms with Gasteiger partial charge in [-0.25, -0.2) is 0 Å². The van der Waals surface area contributed by atoms with Crippen LogP contribution < -0.4 is 5.32 Å². The number of carbonyl (C=O) groups is 1. The smallest absolute Gasteiger partial charge is 0.293 e. The van der Waals surface area contributed by atoms with Crippen LogP contribution in [0, 0.1) is 17.0 Å². The molecule has 0 radical (unpaired) electrons. The molecule has 7 heteroatoms. The highest BCUT2D eigenvalue weighted by atomic mass is 16.6. The number of rotatable bonds is 5. The van der Waals surface area contributed by atoms with Gasteiger partial charge in [-0.15, -0.1) is 0 Å². The fraction of sp³-hybridized carbons (Fsp3) is 0.231. The summed E-state index contributed by atoms with van der Waals surface area (Å²) in [6, 6.07) is 4.33. The lowest BCUT2D eigenvalue weighted by atomic mass is 10.2. The van der Waals surface area contributed by atoms with E-state index in [0.29, 0.717) is 18.5 Å². The van der Waals surface area contributed by atoms with Crippen molar-refractivity contribution < 1.29 is 9.72 Å². The van der Waals surface area contributed by atoms with E-state index in [4.69, 9.17) is 0 Å². The van der Waals surface area contributed by atoms with Crippen LogP contribution in [0.5, 0.6) is 0 Å². The summed E-state index contributed by atoms with van der Waals surface area (Å²) >= 11 is 0. The summed E-state index contributed by atoms with van der Waals surface area (Å²) in [5.74, 6) is 0. The minimum atomic E-state index is -0.508. The quantitative estimate of drug-likeness (QED) is 0.512. The Labute approximate surface area is 115 Å². The standard InChI is InChI=1S/C13H14N4O3/c1-9-11(7-16(2)15-9)6-14-12-4-3-10(8-18)5-13(12)17(19)20/h3-5,7-8,14H,6H2,1-2H3. The normalized spacial score (nSPS) is 10.3. The van der Waals surface area contributed by atoms with E-state index in [2.05, 4.69) is 10.4 Å². The second-order valence-electron chi connectivity index (χ2n) is 4.42. The Balaban J connectivity index is 2.23. The number of nitrogens with zero attached hydrogens (tertiary/aromatic N) is 3. The Morgan fingerprint density at radius 1 is 1.50 bits per heavy atom. The Kier molecular flexibility index (Phi) is 3.79. The monoisotopic (exact) mass is 274 g/mol. The maximum Gasteiger partial charge on any atom is 0.293 e. The van der Waals surface area contributed by atoms with E-state index in [1.807, 2.05) is 20.2 Å². The number of aryl methyl sites for hydroxylation is 2. The van der Waals surface area contributed by atoms with E-state index in [1.54, 1.807) is 10.7 Å². The summed E-state index contributed by atoms with van der Waals surface area (Å²) in [6.07, 6.45) is 2.44. The molecule has 0 amide bonds. The van der Waals surface area contributed by atoms with E-state index >= 15 is 0 Å². The lowest BCUT2D eigenvalue weighted by molar-refractivity contribution is -0.384. The average molecular weight is 274 g/mol. The first-order valence-electron chi connectivity index (χ1n) is 5.98. The third-order valence-corrected chi connectivity index (χ3v) is 2.94. The van der Waals surface area contributed by atoms with Crippen LogP contribution in [0.3, 0.4) is 0 Å². The van der Waals surface area contributed by atoms with E-state index in [9.17, 15) is 14.9 Å². The zero-order valence-corrected chi connectivity index (χ0v) is 11.2. The summed E-state index contributed by atoms with van der Waals surface area (Å²) in [4.78, 5) is 21.2. The summed E-state index contributed by atoms with van der Waals surface area (Å²) < 4.78 is 1.69. The van der Waals surface area contributed by atoms with Crippen LogP contribution in [0.1, 0.15) is 21.6 Å². The molecule has 0 fully saturated rings. The van der Waals surface area contributed by atoms with Crippen molar-refractivity contribution in [3.63, 3.8) is 0 Å². The summed E-state index contributed by atoms with van der Waals surface area (Å²) in [6.45, 7) is 2.31. The Hall–Kier alpha value is -2.70. The van der Waals surface area contributed by atoms with Crippen LogP contribution in [-0.2, 0) is 13.6 Å². The van der Waals surface area contributed by atoms with Crippen molar-refractivity contribution in [1.29, 1.82) is 0 Å². The first kappa shape index (κ1) is 13.7. The van der Waals surface area contributed by atoms with Gasteiger partial charge in [0.15, 0.2) is 0 Å². The van der Waals surface area contributed by atoms with Crippen molar-refractivity contribution in [2.75, 3.05) is 5.32 Å². The summed E-state index contributed by atoms with van der Waals surface area (Å²) in [5, 5.41) is 18.2. The van der Waals surface area contributed by atoms with Gasteiger partial charge in [0.2, 0.25) is 0 Å². The molecule has 7 nitrogen and oxygen atoms in total. The van der Waals surface area contributed by atoms with Crippen molar-refractivity contribution in [3.05, 3.63) is 51.3 Å². The summed E-state index contributed by atoms with van der Waals surface area (Å²) in [7, 11) is 1.82. The van der Waals surface area contributed by atoms with Crippen molar-refractivity contribution in [2.24, 2.45) is 7.05 Å². The second-order valence-corrected chi connectivity index (χ2v) is 4.42. The Bertz CT molecular complexity index is 664. The maximum atomic E-state index is 11.0. The first-order valence-corrected chi connectivity index (χ1v) is 5.98. The van der Waals surface area contributed by atoms with Crippen LogP contribution >= 0.6 is 0 Å². The molecular formula is C13H14N4O3. The third kappa shape index (κ3) is 2.82. The Morgan fingerprint density at radius 3 is 2.80 bits per heavy atom. The Morgan fingerprint density at radius 2 is 2.25 bits per heavy atom. The molecule has 1 N–H and O–H groups in total. The van der Waals surface area contributed by atoms with Crippen molar-refractivity contribution >= 4 is 17.7 Å². The number of hydrogen-bond acceptors (Lipinski definition) is 5. The fourth-order valence-corrected chi connectivity index (χ4v) is 1.94. The van der Waals surface area contributed by atoms with Crippen LogP contribution in [0.25, 0.3) is 0 Å². The predicted octanol–water partition coefficient (Wildman–Crippen LogP) is 2.06. The molecular weight excluding hydrogens is 260 g/mol. The molecule has 1 aromatic heterocycles. The number of hydrogen-bond donors (Lipinski definition) is 1. The molecule has 0 saturated carbocycles. The molecule has 0 aliphatic heterocycles. The number of anilines is 1. The lowest BCUT2D eigenvalue weighted by Gasteiger charge is -2.06. The van der Waals surface area contributed by atoms with Crippen molar-refractivity contribution in [2.45, 2.75) is 13.5 Å². The molecule has 2 rings (SSSR count). The minimum absolute atomic E-state index is 0.115. The lowest BCUT2D eigenvalue weighted by Crippen LogP contribution is -2.03. The second kappa shape index (κ2) is 5.52. The third-order valence-electron chi connectivity index (χ3n) is 2.94. The van der Waals surface area contributed by atoms with Crippen LogP contribution in [0.4, 0.5) is 11.4 Å². The molecule has 0 atom stereocenters. The number of carbonyl (C=O) groups excluding carboxylic acids is 1. The number of benzene rings is 1. The van der Waals surface area contributed by atoms with E-state index < -0.39 is 4.92 Å². The largest absolute Gasteiger partial charge is 0.375 e. The summed E-state index contributed by atoms with van der Waals surface area (Å²) in [5.41, 5.74) is 2.37.